The van der Waals surface area contributed by atoms with Crippen LogP contribution in [0.1, 0.15) is 36.9 Å². The Hall–Kier alpha value is -2.88. The molecule has 3 fully saturated rings. The predicted molar refractivity (Wildman–Crippen MR) is 90.6 cm³/mol. The third-order valence-corrected chi connectivity index (χ3v) is 5.66. The third-order valence-electron chi connectivity index (χ3n) is 5.66. The lowest BCUT2D eigenvalue weighted by molar-refractivity contribution is -0.215. The van der Waals surface area contributed by atoms with Crippen LogP contribution in [0, 0.1) is 33.8 Å². The minimum Gasteiger partial charge on any atom is -0.476 e. The summed E-state index contributed by atoms with van der Waals surface area (Å²) < 4.78 is 33.0. The molecular weight excluding hydrogens is 352 g/mol. The summed E-state index contributed by atoms with van der Waals surface area (Å²) in [5.41, 5.74) is -0.158. The Balaban J connectivity index is 1.27. The van der Waals surface area contributed by atoms with Crippen LogP contribution in [0.3, 0.4) is 0 Å². The van der Waals surface area contributed by atoms with Gasteiger partial charge in [-0.3, -0.25) is 4.79 Å². The number of ketones is 1. The minimum absolute atomic E-state index is 0.0186. The highest BCUT2D eigenvalue weighted by Crippen LogP contribution is 2.73. The Labute approximate surface area is 155 Å². The van der Waals surface area contributed by atoms with Crippen molar-refractivity contribution in [2.24, 2.45) is 10.8 Å². The summed E-state index contributed by atoms with van der Waals surface area (Å²) in [6.07, 6.45) is 5.21. The molecule has 5 nitrogen and oxygen atoms in total. The van der Waals surface area contributed by atoms with Crippen LogP contribution < -0.4 is 4.74 Å². The smallest absolute Gasteiger partial charge is 0.232 e. The first-order valence-electron chi connectivity index (χ1n) is 8.77. The lowest BCUT2D eigenvalue weighted by Crippen LogP contribution is -2.67. The van der Waals surface area contributed by atoms with Gasteiger partial charge >= 0.3 is 0 Å². The van der Waals surface area contributed by atoms with Crippen molar-refractivity contribution < 1.29 is 18.3 Å². The highest BCUT2D eigenvalue weighted by Gasteiger charge is 2.70. The molecule has 0 spiro atoms. The Morgan fingerprint density at radius 2 is 1.89 bits per heavy atom. The van der Waals surface area contributed by atoms with E-state index in [1.165, 1.54) is 30.6 Å². The number of Topliss-reactive ketones (excluding diaryl/α,β-unsaturated/α-hetero) is 1. The molecule has 2 aromatic rings. The minimum atomic E-state index is -0.603. The molecule has 138 valence electrons. The largest absolute Gasteiger partial charge is 0.476 e. The molecule has 0 aliphatic heterocycles. The van der Waals surface area contributed by atoms with E-state index < -0.39 is 11.6 Å². The van der Waals surface area contributed by atoms with E-state index in [2.05, 4.69) is 9.97 Å². The number of rotatable bonds is 7. The topological polar surface area (TPSA) is 75.9 Å². The lowest BCUT2D eigenvalue weighted by atomic mass is 9.34. The molecule has 1 aromatic carbocycles. The molecule has 3 saturated carbocycles. The van der Waals surface area contributed by atoms with Gasteiger partial charge in [-0.1, -0.05) is 6.07 Å². The number of halogens is 2. The van der Waals surface area contributed by atoms with Crippen molar-refractivity contribution in [1.82, 2.24) is 9.97 Å². The summed E-state index contributed by atoms with van der Waals surface area (Å²) in [5, 5.41) is 8.70. The molecule has 0 unspecified atom stereocenters. The van der Waals surface area contributed by atoms with Crippen LogP contribution in [-0.4, -0.2) is 22.4 Å². The van der Waals surface area contributed by atoms with Crippen LogP contribution >= 0.6 is 0 Å². The number of hydrogen-bond acceptors (Lipinski definition) is 5. The molecule has 3 aliphatic rings. The average Bonchev–Trinajstić information content (AvgIpc) is 2.59. The van der Waals surface area contributed by atoms with Crippen molar-refractivity contribution in [3.05, 3.63) is 53.5 Å². The molecule has 0 saturated heterocycles. The maximum atomic E-state index is 13.7. The summed E-state index contributed by atoms with van der Waals surface area (Å²) in [4.78, 5) is 20.4. The van der Waals surface area contributed by atoms with Crippen molar-refractivity contribution in [2.45, 2.75) is 32.1 Å². The summed E-state index contributed by atoms with van der Waals surface area (Å²) in [6, 6.07) is 5.63. The fourth-order valence-corrected chi connectivity index (χ4v) is 4.40. The van der Waals surface area contributed by atoms with Crippen molar-refractivity contribution in [3.8, 4) is 11.9 Å². The average molecular weight is 369 g/mol. The molecule has 5 rings (SSSR count). The molecule has 2 bridgehead atoms. The molecule has 1 heterocycles. The van der Waals surface area contributed by atoms with Crippen molar-refractivity contribution >= 4 is 5.78 Å². The number of aromatic nitrogens is 2. The van der Waals surface area contributed by atoms with Crippen molar-refractivity contribution in [3.63, 3.8) is 0 Å². The number of carbonyl (C=O) groups excluding carboxylic acids is 1. The van der Waals surface area contributed by atoms with Gasteiger partial charge in [-0.05, 0) is 37.8 Å². The van der Waals surface area contributed by atoms with Gasteiger partial charge in [0, 0.05) is 22.8 Å². The van der Waals surface area contributed by atoms with E-state index in [-0.39, 0.29) is 40.7 Å². The second-order valence-electron chi connectivity index (χ2n) is 7.57. The summed E-state index contributed by atoms with van der Waals surface area (Å²) in [6.45, 7) is 0.449. The SMILES string of the molecule is N#Cc1cnc(OCC23CC(C(=O)CCc4c(F)cccc4F)(C2)C3)cn1. The summed E-state index contributed by atoms with van der Waals surface area (Å²) in [5.74, 6) is -0.776. The molecule has 3 aliphatic carbocycles. The number of benzene rings is 1. The quantitative estimate of drug-likeness (QED) is 0.748. The van der Waals surface area contributed by atoms with Gasteiger partial charge in [0.15, 0.2) is 5.69 Å². The Kier molecular flexibility index (Phi) is 4.14. The molecule has 0 atom stereocenters. The van der Waals surface area contributed by atoms with Gasteiger partial charge < -0.3 is 4.74 Å². The molecule has 0 radical (unpaired) electrons. The van der Waals surface area contributed by atoms with Crippen LogP contribution in [0.5, 0.6) is 5.88 Å². The van der Waals surface area contributed by atoms with Gasteiger partial charge in [0.1, 0.15) is 23.5 Å². The van der Waals surface area contributed by atoms with Crippen LogP contribution in [0.2, 0.25) is 0 Å². The zero-order valence-electron chi connectivity index (χ0n) is 14.5. The lowest BCUT2D eigenvalue weighted by Gasteiger charge is -2.69. The third kappa shape index (κ3) is 3.05. The first-order valence-corrected chi connectivity index (χ1v) is 8.77. The molecule has 0 N–H and O–H groups in total. The maximum absolute atomic E-state index is 13.7. The van der Waals surface area contributed by atoms with Crippen LogP contribution in [-0.2, 0) is 11.2 Å². The van der Waals surface area contributed by atoms with Gasteiger partial charge in [-0.2, -0.15) is 5.26 Å². The fourth-order valence-electron chi connectivity index (χ4n) is 4.40. The molecule has 0 amide bonds. The van der Waals surface area contributed by atoms with E-state index in [0.29, 0.717) is 12.5 Å². The first-order chi connectivity index (χ1) is 13.0. The fraction of sp³-hybridized carbons (Fsp3) is 0.400. The number of hydrogen-bond donors (Lipinski definition) is 0. The second-order valence-corrected chi connectivity index (χ2v) is 7.57. The monoisotopic (exact) mass is 369 g/mol. The zero-order valence-corrected chi connectivity index (χ0v) is 14.5. The van der Waals surface area contributed by atoms with Gasteiger partial charge in [0.05, 0.1) is 19.0 Å². The van der Waals surface area contributed by atoms with E-state index >= 15 is 0 Å². The van der Waals surface area contributed by atoms with E-state index in [4.69, 9.17) is 10.00 Å². The highest BCUT2D eigenvalue weighted by atomic mass is 19.1. The molecular formula is C20H17F2N3O2. The van der Waals surface area contributed by atoms with Gasteiger partial charge in [-0.25, -0.2) is 18.7 Å². The van der Waals surface area contributed by atoms with E-state index in [9.17, 15) is 13.6 Å². The Morgan fingerprint density at radius 3 is 2.48 bits per heavy atom. The standard InChI is InChI=1S/C20H17F2N3O2/c21-15-2-1-3-16(22)14(15)4-5-17(26)20-9-19(10-20,11-20)12-27-18-8-24-13(6-23)7-25-18/h1-3,7-8H,4-5,9-12H2. The summed E-state index contributed by atoms with van der Waals surface area (Å²) >= 11 is 0. The molecule has 1 aromatic heterocycles. The van der Waals surface area contributed by atoms with E-state index in [1.54, 1.807) is 0 Å². The Morgan fingerprint density at radius 1 is 1.19 bits per heavy atom. The highest BCUT2D eigenvalue weighted by molar-refractivity contribution is 5.88. The van der Waals surface area contributed by atoms with Gasteiger partial charge in [-0.15, -0.1) is 0 Å². The number of ether oxygens (including phenoxy) is 1. The number of nitriles is 1. The van der Waals surface area contributed by atoms with E-state index in [1.807, 2.05) is 6.07 Å². The van der Waals surface area contributed by atoms with Gasteiger partial charge in [0.2, 0.25) is 5.88 Å². The predicted octanol–water partition coefficient (Wildman–Crippen LogP) is 3.38. The molecule has 7 heteroatoms. The van der Waals surface area contributed by atoms with E-state index in [0.717, 1.165) is 19.3 Å². The zero-order chi connectivity index (χ0) is 19.1. The number of nitrogens with zero attached hydrogens (tertiary/aromatic N) is 3. The summed E-state index contributed by atoms with van der Waals surface area (Å²) in [7, 11) is 0. The maximum Gasteiger partial charge on any atom is 0.232 e. The van der Waals surface area contributed by atoms with Crippen LogP contribution in [0.15, 0.2) is 30.6 Å². The van der Waals surface area contributed by atoms with Gasteiger partial charge in [0.25, 0.3) is 0 Å². The van der Waals surface area contributed by atoms with Crippen molar-refractivity contribution in [1.29, 1.82) is 5.26 Å². The van der Waals surface area contributed by atoms with Crippen LogP contribution in [0.25, 0.3) is 0 Å². The van der Waals surface area contributed by atoms with Crippen molar-refractivity contribution in [2.75, 3.05) is 6.61 Å². The molecule has 27 heavy (non-hydrogen) atoms. The first kappa shape index (κ1) is 17.5. The van der Waals surface area contributed by atoms with Crippen LogP contribution in [0.4, 0.5) is 8.78 Å². The Bertz CT molecular complexity index is 897. The number of carbonyl (C=O) groups is 1. The normalized spacial score (nSPS) is 25.1. The second kappa shape index (κ2) is 6.38.